The molecule has 0 spiro atoms. The van der Waals surface area contributed by atoms with Crippen molar-refractivity contribution in [3.05, 3.63) is 57.6 Å². The summed E-state index contributed by atoms with van der Waals surface area (Å²) in [4.78, 5) is 12.0. The summed E-state index contributed by atoms with van der Waals surface area (Å²) in [7, 11) is 0. The monoisotopic (exact) mass is 276 g/mol. The van der Waals surface area contributed by atoms with Gasteiger partial charge in [0.1, 0.15) is 0 Å². The van der Waals surface area contributed by atoms with E-state index in [1.165, 1.54) is 0 Å². The van der Waals surface area contributed by atoms with Gasteiger partial charge in [0.2, 0.25) is 0 Å². The Morgan fingerprint density at radius 1 is 0.944 bits per heavy atom. The molecule has 1 aliphatic carbocycles. The van der Waals surface area contributed by atoms with Crippen LogP contribution >= 0.6 is 23.2 Å². The Balaban J connectivity index is 2.24. The van der Waals surface area contributed by atoms with E-state index in [0.717, 1.165) is 28.7 Å². The van der Waals surface area contributed by atoms with Crippen molar-refractivity contribution < 1.29 is 4.79 Å². The molecule has 2 aromatic rings. The van der Waals surface area contributed by atoms with Crippen molar-refractivity contribution in [2.75, 3.05) is 0 Å². The minimum Gasteiger partial charge on any atom is -0.294 e. The Kier molecular flexibility index (Phi) is 2.89. The largest absolute Gasteiger partial charge is 0.294 e. The number of Topliss-reactive ketones (excluding diaryl/α,β-unsaturated/α-hetero) is 1. The van der Waals surface area contributed by atoms with Gasteiger partial charge in [0.05, 0.1) is 0 Å². The minimum absolute atomic E-state index is 0.201. The van der Waals surface area contributed by atoms with Gasteiger partial charge in [-0.15, -0.1) is 0 Å². The van der Waals surface area contributed by atoms with Gasteiger partial charge in [-0.05, 0) is 29.7 Å². The van der Waals surface area contributed by atoms with Gasteiger partial charge in [-0.2, -0.15) is 0 Å². The van der Waals surface area contributed by atoms with Crippen molar-refractivity contribution in [3.63, 3.8) is 0 Å². The Morgan fingerprint density at radius 2 is 1.78 bits per heavy atom. The molecule has 0 amide bonds. The Hall–Kier alpha value is -1.31. The van der Waals surface area contributed by atoms with Gasteiger partial charge in [0.25, 0.3) is 0 Å². The van der Waals surface area contributed by atoms with Gasteiger partial charge in [-0.1, -0.05) is 47.5 Å². The zero-order valence-electron chi connectivity index (χ0n) is 9.54. The molecule has 90 valence electrons. The lowest BCUT2D eigenvalue weighted by molar-refractivity contribution is 0.0995. The van der Waals surface area contributed by atoms with Crippen LogP contribution in [-0.2, 0) is 6.42 Å². The van der Waals surface area contributed by atoms with E-state index in [0.29, 0.717) is 16.5 Å². The second kappa shape index (κ2) is 4.42. The third-order valence-corrected chi connectivity index (χ3v) is 3.82. The summed E-state index contributed by atoms with van der Waals surface area (Å²) in [5.41, 5.74) is 3.72. The van der Waals surface area contributed by atoms with Gasteiger partial charge in [0, 0.05) is 27.6 Å². The summed E-state index contributed by atoms with van der Waals surface area (Å²) in [6.45, 7) is 0. The summed E-state index contributed by atoms with van der Waals surface area (Å²) in [6.07, 6.45) is 1.42. The average molecular weight is 277 g/mol. The highest BCUT2D eigenvalue weighted by Crippen LogP contribution is 2.36. The fourth-order valence-corrected chi connectivity index (χ4v) is 2.95. The smallest absolute Gasteiger partial charge is 0.164 e. The number of ketones is 1. The molecular weight excluding hydrogens is 267 g/mol. The number of hydrogen-bond acceptors (Lipinski definition) is 1. The first-order valence-electron chi connectivity index (χ1n) is 5.77. The van der Waals surface area contributed by atoms with E-state index in [4.69, 9.17) is 23.2 Å². The summed E-state index contributed by atoms with van der Waals surface area (Å²) >= 11 is 12.1. The highest BCUT2D eigenvalue weighted by molar-refractivity contribution is 6.36. The van der Waals surface area contributed by atoms with Crippen LogP contribution in [0.4, 0.5) is 0 Å². The van der Waals surface area contributed by atoms with Crippen molar-refractivity contribution in [2.45, 2.75) is 12.8 Å². The number of benzene rings is 2. The molecule has 0 aliphatic heterocycles. The number of rotatable bonds is 1. The summed E-state index contributed by atoms with van der Waals surface area (Å²) in [5, 5.41) is 1.18. The van der Waals surface area contributed by atoms with E-state index in [9.17, 15) is 4.79 Å². The zero-order chi connectivity index (χ0) is 12.7. The Bertz CT molecular complexity index is 647. The molecule has 1 nitrogen and oxygen atoms in total. The molecule has 0 saturated carbocycles. The predicted octanol–water partition coefficient (Wildman–Crippen LogP) is 4.79. The molecule has 0 aromatic heterocycles. The van der Waals surface area contributed by atoms with Crippen LogP contribution in [0.1, 0.15) is 22.3 Å². The van der Waals surface area contributed by atoms with Crippen molar-refractivity contribution in [3.8, 4) is 11.1 Å². The van der Waals surface area contributed by atoms with Crippen LogP contribution in [0.5, 0.6) is 0 Å². The molecule has 0 saturated heterocycles. The highest BCUT2D eigenvalue weighted by Gasteiger charge is 2.23. The second-order valence-electron chi connectivity index (χ2n) is 4.39. The van der Waals surface area contributed by atoms with Crippen LogP contribution in [0.25, 0.3) is 11.1 Å². The van der Waals surface area contributed by atoms with E-state index in [1.807, 2.05) is 24.3 Å². The summed E-state index contributed by atoms with van der Waals surface area (Å²) in [6, 6.07) is 11.3. The predicted molar refractivity (Wildman–Crippen MR) is 74.5 cm³/mol. The number of hydrogen-bond donors (Lipinski definition) is 0. The number of carbonyl (C=O) groups excluding carboxylic acids is 1. The van der Waals surface area contributed by atoms with Crippen LogP contribution in [-0.4, -0.2) is 5.78 Å². The molecule has 3 rings (SSSR count). The Morgan fingerprint density at radius 3 is 2.56 bits per heavy atom. The lowest BCUT2D eigenvalue weighted by Gasteiger charge is -2.09. The van der Waals surface area contributed by atoms with Crippen molar-refractivity contribution >= 4 is 29.0 Å². The van der Waals surface area contributed by atoms with Crippen LogP contribution in [0.2, 0.25) is 10.0 Å². The van der Waals surface area contributed by atoms with Gasteiger partial charge in [-0.25, -0.2) is 0 Å². The van der Waals surface area contributed by atoms with Crippen molar-refractivity contribution in [2.24, 2.45) is 0 Å². The third-order valence-electron chi connectivity index (χ3n) is 3.27. The highest BCUT2D eigenvalue weighted by atomic mass is 35.5. The minimum atomic E-state index is 0.201. The van der Waals surface area contributed by atoms with Gasteiger partial charge in [-0.3, -0.25) is 4.79 Å². The maximum atomic E-state index is 12.0. The molecule has 0 heterocycles. The van der Waals surface area contributed by atoms with Crippen LogP contribution in [0, 0.1) is 0 Å². The Labute approximate surface area is 115 Å². The molecule has 1 aliphatic rings. The average Bonchev–Trinajstić information content (AvgIpc) is 2.72. The molecule has 0 unspecified atom stereocenters. The standard InChI is InChI=1S/C15H10Cl2O/c16-10-5-6-11(13(17)8-10)12-3-1-2-9-4-7-14(18)15(9)12/h1-3,5-6,8H,4,7H2. The first-order chi connectivity index (χ1) is 8.66. The fraction of sp³-hybridized carbons (Fsp3) is 0.133. The molecule has 0 bridgehead atoms. The van der Waals surface area contributed by atoms with E-state index in [-0.39, 0.29) is 5.78 Å². The van der Waals surface area contributed by atoms with E-state index in [1.54, 1.807) is 12.1 Å². The number of aryl methyl sites for hydroxylation is 1. The number of halogens is 2. The summed E-state index contributed by atoms with van der Waals surface area (Å²) in [5.74, 6) is 0.201. The van der Waals surface area contributed by atoms with E-state index >= 15 is 0 Å². The lowest BCUT2D eigenvalue weighted by Crippen LogP contribution is -1.96. The van der Waals surface area contributed by atoms with Gasteiger partial charge < -0.3 is 0 Å². The molecule has 3 heteroatoms. The molecule has 18 heavy (non-hydrogen) atoms. The van der Waals surface area contributed by atoms with Gasteiger partial charge in [0.15, 0.2) is 5.78 Å². The molecule has 2 aromatic carbocycles. The van der Waals surface area contributed by atoms with E-state index < -0.39 is 0 Å². The maximum Gasteiger partial charge on any atom is 0.164 e. The molecule has 0 radical (unpaired) electrons. The van der Waals surface area contributed by atoms with E-state index in [2.05, 4.69) is 0 Å². The second-order valence-corrected chi connectivity index (χ2v) is 5.23. The molecule has 0 fully saturated rings. The zero-order valence-corrected chi connectivity index (χ0v) is 11.1. The third kappa shape index (κ3) is 1.84. The fourth-order valence-electron chi connectivity index (χ4n) is 2.44. The molecule has 0 atom stereocenters. The normalized spacial score (nSPS) is 13.8. The summed E-state index contributed by atoms with van der Waals surface area (Å²) < 4.78 is 0. The SMILES string of the molecule is O=C1CCc2cccc(-c3ccc(Cl)cc3Cl)c21. The first kappa shape index (κ1) is 11.8. The van der Waals surface area contributed by atoms with Gasteiger partial charge >= 0.3 is 0 Å². The maximum absolute atomic E-state index is 12.0. The first-order valence-corrected chi connectivity index (χ1v) is 6.53. The van der Waals surface area contributed by atoms with Crippen LogP contribution in [0.3, 0.4) is 0 Å². The number of carbonyl (C=O) groups is 1. The molecule has 0 N–H and O–H groups in total. The topological polar surface area (TPSA) is 17.1 Å². The number of fused-ring (bicyclic) bond motifs is 1. The molecular formula is C15H10Cl2O. The lowest BCUT2D eigenvalue weighted by atomic mass is 9.96. The van der Waals surface area contributed by atoms with Crippen molar-refractivity contribution in [1.82, 2.24) is 0 Å². The van der Waals surface area contributed by atoms with Crippen LogP contribution in [0.15, 0.2) is 36.4 Å². The van der Waals surface area contributed by atoms with Crippen LogP contribution < -0.4 is 0 Å². The van der Waals surface area contributed by atoms with Crippen molar-refractivity contribution in [1.29, 1.82) is 0 Å². The quantitative estimate of drug-likeness (QED) is 0.732.